The molecule has 0 radical (unpaired) electrons. The maximum atomic E-state index is 12.6. The molecule has 0 aromatic heterocycles. The molecule has 1 aliphatic rings. The van der Waals surface area contributed by atoms with Gasteiger partial charge in [0.1, 0.15) is 0 Å². The van der Waals surface area contributed by atoms with E-state index < -0.39 is 0 Å². The van der Waals surface area contributed by atoms with Crippen LogP contribution in [0.15, 0.2) is 69.0 Å². The van der Waals surface area contributed by atoms with Gasteiger partial charge in [-0.2, -0.15) is 0 Å². The first-order valence-electron chi connectivity index (χ1n) is 10.5. The van der Waals surface area contributed by atoms with Gasteiger partial charge >= 0.3 is 0 Å². The monoisotopic (exact) mass is 510 g/mol. The van der Waals surface area contributed by atoms with Gasteiger partial charge in [0, 0.05) is 9.86 Å². The third kappa shape index (κ3) is 5.00. The quantitative estimate of drug-likeness (QED) is 0.360. The number of benzene rings is 3. The smallest absolute Gasteiger partial charge is 0.264 e. The first-order valence-corrected chi connectivity index (χ1v) is 12.1. The second kappa shape index (κ2) is 10.2. The molecule has 4 rings (SSSR count). The Hall–Kier alpha value is -2.77. The number of aliphatic imine (C=N–C) groups is 1. The van der Waals surface area contributed by atoms with Gasteiger partial charge in [0.25, 0.3) is 5.91 Å². The summed E-state index contributed by atoms with van der Waals surface area (Å²) in [5.41, 5.74) is 1.66. The molecule has 3 aromatic carbocycles. The number of amidine groups is 1. The van der Waals surface area contributed by atoms with E-state index in [-0.39, 0.29) is 5.91 Å². The fraction of sp³-hybridized carbons (Fsp3) is 0.200. The normalized spacial score (nSPS) is 16.0. The molecule has 164 valence electrons. The first kappa shape index (κ1) is 22.4. The largest absolute Gasteiger partial charge is 0.490 e. The summed E-state index contributed by atoms with van der Waals surface area (Å²) in [6.45, 7) is 5.12. The fourth-order valence-corrected chi connectivity index (χ4v) is 4.55. The zero-order chi connectivity index (χ0) is 22.5. The third-order valence-corrected chi connectivity index (χ3v) is 6.35. The molecule has 1 aliphatic heterocycles. The molecule has 3 aromatic rings. The number of carbonyl (C=O) groups is 1. The number of thioether (sulfide) groups is 1. The highest BCUT2D eigenvalue weighted by molar-refractivity contribution is 9.10. The maximum Gasteiger partial charge on any atom is 0.264 e. The second-order valence-electron chi connectivity index (χ2n) is 7.08. The molecule has 1 heterocycles. The SMILES string of the molecule is CCCOc1cc(Br)c(/C=C2/SC(=Nc3cccc4ccccc34)NC2=O)cc1OCC. The van der Waals surface area contributed by atoms with Crippen molar-refractivity contribution in [2.24, 2.45) is 4.99 Å². The van der Waals surface area contributed by atoms with Crippen LogP contribution in [0.25, 0.3) is 16.8 Å². The summed E-state index contributed by atoms with van der Waals surface area (Å²) in [6, 6.07) is 17.8. The Morgan fingerprint density at radius 3 is 2.66 bits per heavy atom. The Morgan fingerprint density at radius 1 is 1.06 bits per heavy atom. The van der Waals surface area contributed by atoms with E-state index in [2.05, 4.69) is 28.2 Å². The molecule has 1 amide bonds. The summed E-state index contributed by atoms with van der Waals surface area (Å²) in [4.78, 5) is 17.9. The van der Waals surface area contributed by atoms with Crippen molar-refractivity contribution in [1.82, 2.24) is 5.32 Å². The number of nitrogens with zero attached hydrogens (tertiary/aromatic N) is 1. The molecule has 0 saturated carbocycles. The molecule has 0 atom stereocenters. The van der Waals surface area contributed by atoms with Crippen molar-refractivity contribution in [1.29, 1.82) is 0 Å². The lowest BCUT2D eigenvalue weighted by Gasteiger charge is -2.13. The van der Waals surface area contributed by atoms with Crippen LogP contribution in [-0.4, -0.2) is 24.3 Å². The van der Waals surface area contributed by atoms with Crippen molar-refractivity contribution < 1.29 is 14.3 Å². The van der Waals surface area contributed by atoms with Gasteiger partial charge in [-0.25, -0.2) is 4.99 Å². The molecule has 0 bridgehead atoms. The molecular weight excluding hydrogens is 488 g/mol. The van der Waals surface area contributed by atoms with Crippen LogP contribution in [-0.2, 0) is 4.79 Å². The average Bonchev–Trinajstić information content (AvgIpc) is 3.13. The molecule has 1 saturated heterocycles. The predicted molar refractivity (Wildman–Crippen MR) is 136 cm³/mol. The lowest BCUT2D eigenvalue weighted by Crippen LogP contribution is -2.19. The Balaban J connectivity index is 1.63. The topological polar surface area (TPSA) is 59.9 Å². The van der Waals surface area contributed by atoms with E-state index in [1.165, 1.54) is 11.8 Å². The number of ether oxygens (including phenoxy) is 2. The summed E-state index contributed by atoms with van der Waals surface area (Å²) in [6.07, 6.45) is 2.74. The molecule has 1 fully saturated rings. The highest BCUT2D eigenvalue weighted by atomic mass is 79.9. The second-order valence-corrected chi connectivity index (χ2v) is 8.97. The van der Waals surface area contributed by atoms with Crippen molar-refractivity contribution in [3.8, 4) is 11.5 Å². The molecule has 1 N–H and O–H groups in total. The van der Waals surface area contributed by atoms with Crippen LogP contribution in [0.4, 0.5) is 5.69 Å². The van der Waals surface area contributed by atoms with Crippen LogP contribution in [0.3, 0.4) is 0 Å². The summed E-state index contributed by atoms with van der Waals surface area (Å²) >= 11 is 4.92. The van der Waals surface area contributed by atoms with E-state index in [1.54, 1.807) is 0 Å². The number of amides is 1. The van der Waals surface area contributed by atoms with E-state index >= 15 is 0 Å². The van der Waals surface area contributed by atoms with E-state index in [4.69, 9.17) is 14.5 Å². The zero-order valence-corrected chi connectivity index (χ0v) is 20.3. The van der Waals surface area contributed by atoms with Gasteiger partial charge in [0.2, 0.25) is 0 Å². The minimum Gasteiger partial charge on any atom is -0.490 e. The highest BCUT2D eigenvalue weighted by Gasteiger charge is 2.24. The number of hydrogen-bond donors (Lipinski definition) is 1. The van der Waals surface area contributed by atoms with E-state index in [9.17, 15) is 4.79 Å². The molecule has 0 aliphatic carbocycles. The molecule has 7 heteroatoms. The Morgan fingerprint density at radius 2 is 1.84 bits per heavy atom. The molecule has 32 heavy (non-hydrogen) atoms. The molecule has 5 nitrogen and oxygen atoms in total. The van der Waals surface area contributed by atoms with Crippen LogP contribution >= 0.6 is 27.7 Å². The van der Waals surface area contributed by atoms with Crippen LogP contribution in [0, 0.1) is 0 Å². The highest BCUT2D eigenvalue weighted by Crippen LogP contribution is 2.37. The Kier molecular flexibility index (Phi) is 7.17. The number of carbonyl (C=O) groups excluding carboxylic acids is 1. The lowest BCUT2D eigenvalue weighted by atomic mass is 10.1. The minimum absolute atomic E-state index is 0.176. The van der Waals surface area contributed by atoms with Crippen LogP contribution in [0.2, 0.25) is 0 Å². The van der Waals surface area contributed by atoms with Crippen LogP contribution in [0.5, 0.6) is 11.5 Å². The first-order chi connectivity index (χ1) is 15.6. The van der Waals surface area contributed by atoms with Crippen molar-refractivity contribution >= 4 is 61.3 Å². The van der Waals surface area contributed by atoms with E-state index in [0.717, 1.165) is 32.9 Å². The van der Waals surface area contributed by atoms with Crippen molar-refractivity contribution in [3.05, 3.63) is 69.5 Å². The molecule has 0 unspecified atom stereocenters. The van der Waals surface area contributed by atoms with Gasteiger partial charge in [0.05, 0.1) is 23.8 Å². The van der Waals surface area contributed by atoms with Gasteiger partial charge in [-0.3, -0.25) is 4.79 Å². The van der Waals surface area contributed by atoms with Gasteiger partial charge in [-0.05, 0) is 60.3 Å². The van der Waals surface area contributed by atoms with E-state index in [1.807, 2.05) is 67.6 Å². The predicted octanol–water partition coefficient (Wildman–Crippen LogP) is 6.68. The number of rotatable bonds is 7. The lowest BCUT2D eigenvalue weighted by molar-refractivity contribution is -0.115. The number of halogens is 1. The fourth-order valence-electron chi connectivity index (χ4n) is 3.29. The Labute approximate surface area is 200 Å². The zero-order valence-electron chi connectivity index (χ0n) is 17.9. The summed E-state index contributed by atoms with van der Waals surface area (Å²) in [5, 5.41) is 5.58. The van der Waals surface area contributed by atoms with Crippen molar-refractivity contribution in [3.63, 3.8) is 0 Å². The summed E-state index contributed by atoms with van der Waals surface area (Å²) in [7, 11) is 0. The Bertz CT molecular complexity index is 1220. The summed E-state index contributed by atoms with van der Waals surface area (Å²) in [5.74, 6) is 1.17. The van der Waals surface area contributed by atoms with E-state index in [0.29, 0.717) is 34.8 Å². The van der Waals surface area contributed by atoms with Gasteiger partial charge in [-0.1, -0.05) is 59.3 Å². The average molecular weight is 511 g/mol. The van der Waals surface area contributed by atoms with Gasteiger partial charge in [-0.15, -0.1) is 0 Å². The maximum absolute atomic E-state index is 12.6. The number of hydrogen-bond acceptors (Lipinski definition) is 5. The van der Waals surface area contributed by atoms with Crippen molar-refractivity contribution in [2.75, 3.05) is 13.2 Å². The molecule has 0 spiro atoms. The minimum atomic E-state index is -0.176. The molecular formula is C25H23BrN2O3S. The third-order valence-electron chi connectivity index (χ3n) is 4.75. The summed E-state index contributed by atoms with van der Waals surface area (Å²) < 4.78 is 12.4. The van der Waals surface area contributed by atoms with Gasteiger partial charge < -0.3 is 14.8 Å². The standard InChI is InChI=1S/C25H23BrN2O3S/c1-3-12-31-22-15-19(26)17(13-21(22)30-4-2)14-23-24(29)28-25(32-23)27-20-11-7-9-16-8-5-6-10-18(16)20/h5-11,13-15H,3-4,12H2,1-2H3,(H,27,28,29)/b23-14+. The van der Waals surface area contributed by atoms with Crippen molar-refractivity contribution in [2.45, 2.75) is 20.3 Å². The number of fused-ring (bicyclic) bond motifs is 1. The van der Waals surface area contributed by atoms with Crippen LogP contribution in [0.1, 0.15) is 25.8 Å². The number of nitrogens with one attached hydrogen (secondary N) is 1. The van der Waals surface area contributed by atoms with Crippen LogP contribution < -0.4 is 14.8 Å². The van der Waals surface area contributed by atoms with Gasteiger partial charge in [0.15, 0.2) is 16.7 Å².